The third-order valence-electron chi connectivity index (χ3n) is 3.30. The second-order valence-electron chi connectivity index (χ2n) is 5.21. The van der Waals surface area contributed by atoms with Gasteiger partial charge in [-0.1, -0.05) is 41.9 Å². The number of halogens is 1. The minimum atomic E-state index is -4.10. The Morgan fingerprint density at radius 1 is 0.920 bits per heavy atom. The fraction of sp³-hybridized carbons (Fsp3) is 0.0625. The van der Waals surface area contributed by atoms with E-state index in [4.69, 9.17) is 11.6 Å². The van der Waals surface area contributed by atoms with Gasteiger partial charge in [0.25, 0.3) is 0 Å². The van der Waals surface area contributed by atoms with Crippen LogP contribution in [0.3, 0.4) is 0 Å². The lowest BCUT2D eigenvalue weighted by Crippen LogP contribution is -2.08. The molecule has 0 saturated carbocycles. The van der Waals surface area contributed by atoms with E-state index in [-0.39, 0.29) is 9.10 Å². The number of nitrogens with zero attached hydrogens (tertiary/aromatic N) is 1. The summed E-state index contributed by atoms with van der Waals surface area (Å²) in [5, 5.41) is 0.250. The fourth-order valence-corrected chi connectivity index (χ4v) is 6.60. The Morgan fingerprint density at radius 2 is 1.52 bits per heavy atom. The van der Waals surface area contributed by atoms with Crippen LogP contribution in [-0.2, 0) is 19.7 Å². The molecule has 0 fully saturated rings. The molecule has 0 aliphatic heterocycles. The third-order valence-corrected chi connectivity index (χ3v) is 8.43. The minimum absolute atomic E-state index is 0.0632. The molecule has 25 heavy (non-hydrogen) atoms. The number of thiazole rings is 1. The summed E-state index contributed by atoms with van der Waals surface area (Å²) >= 11 is 6.63. The molecule has 1 heterocycles. The molecule has 0 radical (unpaired) electrons. The fourth-order valence-electron chi connectivity index (χ4n) is 2.13. The number of hydrogen-bond acceptors (Lipinski definition) is 6. The van der Waals surface area contributed by atoms with Crippen LogP contribution in [0.25, 0.3) is 10.6 Å². The molecule has 0 unspecified atom stereocenters. The van der Waals surface area contributed by atoms with Crippen LogP contribution < -0.4 is 0 Å². The zero-order valence-electron chi connectivity index (χ0n) is 12.9. The van der Waals surface area contributed by atoms with Crippen LogP contribution in [0.1, 0.15) is 0 Å². The standard InChI is InChI=1S/C16H12ClNO4S3/c1-24(19,20)16-15(18-14(23-16)11-5-3-2-4-6-11)25(21,22)13-9-7-12(17)8-10-13/h2-10H,1H3. The molecule has 1 aromatic heterocycles. The Balaban J connectivity index is 2.24. The maximum Gasteiger partial charge on any atom is 0.226 e. The number of benzene rings is 2. The highest BCUT2D eigenvalue weighted by atomic mass is 35.5. The summed E-state index contributed by atoms with van der Waals surface area (Å²) in [6.07, 6.45) is 0.968. The Bertz CT molecular complexity index is 1120. The van der Waals surface area contributed by atoms with Crippen LogP contribution in [0.4, 0.5) is 0 Å². The summed E-state index contributed by atoms with van der Waals surface area (Å²) in [6, 6.07) is 14.3. The van der Waals surface area contributed by atoms with Crippen LogP contribution in [0, 0.1) is 0 Å². The molecular formula is C16H12ClNO4S3. The monoisotopic (exact) mass is 413 g/mol. The summed E-state index contributed by atoms with van der Waals surface area (Å²) in [5.74, 6) is 0. The predicted octanol–water partition coefficient (Wildman–Crippen LogP) is 3.70. The van der Waals surface area contributed by atoms with E-state index in [2.05, 4.69) is 4.98 Å². The first-order valence-electron chi connectivity index (χ1n) is 6.96. The number of aromatic nitrogens is 1. The van der Waals surface area contributed by atoms with E-state index in [9.17, 15) is 16.8 Å². The molecule has 130 valence electrons. The van der Waals surface area contributed by atoms with Gasteiger partial charge >= 0.3 is 0 Å². The van der Waals surface area contributed by atoms with E-state index in [1.807, 2.05) is 0 Å². The second kappa shape index (κ2) is 6.53. The van der Waals surface area contributed by atoms with Gasteiger partial charge in [-0.2, -0.15) is 0 Å². The van der Waals surface area contributed by atoms with Crippen LogP contribution in [-0.4, -0.2) is 28.1 Å². The van der Waals surface area contributed by atoms with Crippen molar-refractivity contribution < 1.29 is 16.8 Å². The van der Waals surface area contributed by atoms with E-state index in [0.717, 1.165) is 17.6 Å². The molecule has 0 aliphatic rings. The van der Waals surface area contributed by atoms with E-state index in [0.29, 0.717) is 15.6 Å². The zero-order valence-corrected chi connectivity index (χ0v) is 16.1. The number of sulfone groups is 2. The van der Waals surface area contributed by atoms with E-state index >= 15 is 0 Å². The summed E-state index contributed by atoms with van der Waals surface area (Å²) in [7, 11) is -7.86. The summed E-state index contributed by atoms with van der Waals surface area (Å²) in [5.41, 5.74) is 0.648. The van der Waals surface area contributed by atoms with Crippen LogP contribution in [0.15, 0.2) is 68.7 Å². The molecule has 0 saturated heterocycles. The number of rotatable bonds is 4. The highest BCUT2D eigenvalue weighted by Gasteiger charge is 2.31. The lowest BCUT2D eigenvalue weighted by molar-refractivity contribution is 0.584. The first kappa shape index (κ1) is 18.1. The van der Waals surface area contributed by atoms with E-state index in [1.165, 1.54) is 24.3 Å². The maximum absolute atomic E-state index is 12.9. The molecule has 0 bridgehead atoms. The minimum Gasteiger partial charge on any atom is -0.223 e. The lowest BCUT2D eigenvalue weighted by Gasteiger charge is -2.03. The van der Waals surface area contributed by atoms with Gasteiger partial charge in [-0.25, -0.2) is 21.8 Å². The van der Waals surface area contributed by atoms with Crippen molar-refractivity contribution in [3.05, 3.63) is 59.6 Å². The van der Waals surface area contributed by atoms with E-state index < -0.39 is 24.7 Å². The quantitative estimate of drug-likeness (QED) is 0.651. The van der Waals surface area contributed by atoms with Crippen molar-refractivity contribution in [2.24, 2.45) is 0 Å². The molecule has 5 nitrogen and oxygen atoms in total. The molecule has 9 heteroatoms. The molecule has 3 rings (SSSR count). The van der Waals surface area contributed by atoms with Crippen molar-refractivity contribution in [1.29, 1.82) is 0 Å². The van der Waals surface area contributed by atoms with Gasteiger partial charge in [-0.15, -0.1) is 11.3 Å². The van der Waals surface area contributed by atoms with Gasteiger partial charge in [-0.3, -0.25) is 0 Å². The van der Waals surface area contributed by atoms with Crippen molar-refractivity contribution in [2.45, 2.75) is 14.1 Å². The van der Waals surface area contributed by atoms with Gasteiger partial charge in [0.05, 0.1) is 4.90 Å². The second-order valence-corrected chi connectivity index (χ2v) is 10.7. The molecular weight excluding hydrogens is 402 g/mol. The Hall–Kier alpha value is -1.74. The topological polar surface area (TPSA) is 81.2 Å². The highest BCUT2D eigenvalue weighted by Crippen LogP contribution is 2.36. The molecule has 0 spiro atoms. The molecule has 2 aromatic carbocycles. The smallest absolute Gasteiger partial charge is 0.223 e. The van der Waals surface area contributed by atoms with Gasteiger partial charge in [0.15, 0.2) is 19.1 Å². The lowest BCUT2D eigenvalue weighted by atomic mass is 10.2. The third kappa shape index (κ3) is 3.62. The molecule has 0 N–H and O–H groups in total. The van der Waals surface area contributed by atoms with Gasteiger partial charge in [-0.05, 0) is 24.3 Å². The normalized spacial score (nSPS) is 12.2. The maximum atomic E-state index is 12.9. The Kier molecular flexibility index (Phi) is 4.72. The molecule has 3 aromatic rings. The molecule has 0 atom stereocenters. The first-order valence-corrected chi connectivity index (χ1v) is 11.5. The first-order chi connectivity index (χ1) is 11.7. The van der Waals surface area contributed by atoms with Gasteiger partial charge in [0.2, 0.25) is 9.84 Å². The van der Waals surface area contributed by atoms with Gasteiger partial charge in [0.1, 0.15) is 5.01 Å². The van der Waals surface area contributed by atoms with Gasteiger partial charge in [0, 0.05) is 16.8 Å². The highest BCUT2D eigenvalue weighted by molar-refractivity contribution is 7.95. The van der Waals surface area contributed by atoms with Crippen molar-refractivity contribution in [1.82, 2.24) is 4.98 Å². The van der Waals surface area contributed by atoms with Gasteiger partial charge < -0.3 is 0 Å². The average Bonchev–Trinajstić information content (AvgIpc) is 3.02. The van der Waals surface area contributed by atoms with Crippen molar-refractivity contribution in [3.8, 4) is 10.6 Å². The zero-order chi connectivity index (χ0) is 18.2. The van der Waals surface area contributed by atoms with Crippen LogP contribution in [0.5, 0.6) is 0 Å². The Labute approximate surface area is 154 Å². The summed E-state index contributed by atoms with van der Waals surface area (Å²) in [6.45, 7) is 0. The molecule has 0 aliphatic carbocycles. The van der Waals surface area contributed by atoms with Crippen molar-refractivity contribution >= 4 is 42.6 Å². The van der Waals surface area contributed by atoms with Crippen molar-refractivity contribution in [2.75, 3.05) is 6.26 Å². The summed E-state index contributed by atoms with van der Waals surface area (Å²) < 4.78 is 49.7. The summed E-state index contributed by atoms with van der Waals surface area (Å²) in [4.78, 5) is 4.07. The van der Waals surface area contributed by atoms with Crippen LogP contribution in [0.2, 0.25) is 5.02 Å². The Morgan fingerprint density at radius 3 is 2.08 bits per heavy atom. The number of hydrogen-bond donors (Lipinski definition) is 0. The predicted molar refractivity (Wildman–Crippen MR) is 97.6 cm³/mol. The average molecular weight is 414 g/mol. The largest absolute Gasteiger partial charge is 0.226 e. The van der Waals surface area contributed by atoms with Crippen LogP contribution >= 0.6 is 22.9 Å². The molecule has 0 amide bonds. The van der Waals surface area contributed by atoms with Crippen molar-refractivity contribution in [3.63, 3.8) is 0 Å². The van der Waals surface area contributed by atoms with E-state index in [1.54, 1.807) is 30.3 Å². The SMILES string of the molecule is CS(=O)(=O)c1sc(-c2ccccc2)nc1S(=O)(=O)c1ccc(Cl)cc1.